The zero-order chi connectivity index (χ0) is 14.2. The van der Waals surface area contributed by atoms with E-state index in [-0.39, 0.29) is 29.4 Å². The highest BCUT2D eigenvalue weighted by molar-refractivity contribution is 7.91. The second-order valence-electron chi connectivity index (χ2n) is 5.75. The van der Waals surface area contributed by atoms with Crippen LogP contribution >= 0.6 is 0 Å². The molecule has 3 rings (SSSR count). The molecule has 4 nitrogen and oxygen atoms in total. The minimum atomic E-state index is -2.95. The van der Waals surface area contributed by atoms with E-state index in [9.17, 15) is 13.2 Å². The first-order valence-corrected chi connectivity index (χ1v) is 8.96. The summed E-state index contributed by atoms with van der Waals surface area (Å²) in [6.07, 6.45) is 3.43. The van der Waals surface area contributed by atoms with Crippen molar-refractivity contribution in [2.45, 2.75) is 37.6 Å². The maximum Gasteiger partial charge on any atom is 0.227 e. The number of rotatable bonds is 2. The number of nitrogens with one attached hydrogen (secondary N) is 1. The van der Waals surface area contributed by atoms with Gasteiger partial charge in [-0.1, -0.05) is 24.3 Å². The summed E-state index contributed by atoms with van der Waals surface area (Å²) in [7, 11) is -2.95. The Morgan fingerprint density at radius 1 is 1.20 bits per heavy atom. The highest BCUT2D eigenvalue weighted by Gasteiger charge is 2.32. The molecule has 1 heterocycles. The van der Waals surface area contributed by atoms with Gasteiger partial charge in [-0.2, -0.15) is 0 Å². The maximum atomic E-state index is 12.4. The van der Waals surface area contributed by atoms with Crippen LogP contribution in [0.4, 0.5) is 0 Å². The molecule has 2 atom stereocenters. The average molecular weight is 293 g/mol. The van der Waals surface area contributed by atoms with Gasteiger partial charge in [-0.3, -0.25) is 4.79 Å². The average Bonchev–Trinajstić information content (AvgIpc) is 2.77. The fraction of sp³-hybridized carbons (Fsp3) is 0.533. The van der Waals surface area contributed by atoms with E-state index in [1.165, 1.54) is 5.56 Å². The lowest BCUT2D eigenvalue weighted by Gasteiger charge is -2.25. The van der Waals surface area contributed by atoms with Crippen LogP contribution in [-0.4, -0.2) is 31.9 Å². The van der Waals surface area contributed by atoms with Crippen LogP contribution in [-0.2, 0) is 21.1 Å². The predicted octanol–water partition coefficient (Wildman–Crippen LogP) is 1.41. The number of hydrogen-bond acceptors (Lipinski definition) is 3. The molecule has 0 unspecified atom stereocenters. The number of carbonyl (C=O) groups is 1. The number of sulfone groups is 1. The third-order valence-corrected chi connectivity index (χ3v) is 6.03. The smallest absolute Gasteiger partial charge is 0.227 e. The molecule has 0 radical (unpaired) electrons. The quantitative estimate of drug-likeness (QED) is 0.896. The van der Waals surface area contributed by atoms with Gasteiger partial charge in [-0.15, -0.1) is 0 Å². The molecule has 1 aliphatic heterocycles. The van der Waals surface area contributed by atoms with Crippen LogP contribution in [0, 0.1) is 0 Å². The minimum absolute atomic E-state index is 0.0146. The van der Waals surface area contributed by atoms with Crippen molar-refractivity contribution in [3.63, 3.8) is 0 Å². The van der Waals surface area contributed by atoms with Crippen LogP contribution in [0.5, 0.6) is 0 Å². The Labute approximate surface area is 119 Å². The van der Waals surface area contributed by atoms with E-state index in [0.717, 1.165) is 24.8 Å². The van der Waals surface area contributed by atoms with Crippen molar-refractivity contribution in [3.8, 4) is 0 Å². The van der Waals surface area contributed by atoms with Crippen molar-refractivity contribution in [2.75, 3.05) is 11.5 Å². The molecule has 1 aromatic rings. The van der Waals surface area contributed by atoms with Crippen molar-refractivity contribution in [3.05, 3.63) is 35.4 Å². The van der Waals surface area contributed by atoms with E-state index in [1.54, 1.807) is 0 Å². The Bertz CT molecular complexity index is 624. The number of fused-ring (bicyclic) bond motifs is 1. The first-order valence-electron chi connectivity index (χ1n) is 7.14. The van der Waals surface area contributed by atoms with Crippen molar-refractivity contribution < 1.29 is 13.2 Å². The molecular weight excluding hydrogens is 274 g/mol. The Hall–Kier alpha value is -1.36. The number of hydrogen-bond donors (Lipinski definition) is 1. The highest BCUT2D eigenvalue weighted by Crippen LogP contribution is 2.31. The maximum absolute atomic E-state index is 12.4. The molecular formula is C15H19NO3S. The molecule has 1 fully saturated rings. The van der Waals surface area contributed by atoms with Gasteiger partial charge in [0.1, 0.15) is 0 Å². The van der Waals surface area contributed by atoms with E-state index in [0.29, 0.717) is 6.42 Å². The van der Waals surface area contributed by atoms with Gasteiger partial charge in [-0.25, -0.2) is 8.42 Å². The van der Waals surface area contributed by atoms with Gasteiger partial charge in [0, 0.05) is 6.04 Å². The lowest BCUT2D eigenvalue weighted by atomic mass is 9.82. The summed E-state index contributed by atoms with van der Waals surface area (Å²) >= 11 is 0. The largest absolute Gasteiger partial charge is 0.352 e. The molecule has 1 aliphatic carbocycles. The third-order valence-electron chi connectivity index (χ3n) is 4.26. The van der Waals surface area contributed by atoms with Crippen LogP contribution in [0.2, 0.25) is 0 Å². The van der Waals surface area contributed by atoms with Crippen molar-refractivity contribution in [1.82, 2.24) is 5.32 Å². The second-order valence-corrected chi connectivity index (χ2v) is 7.98. The SMILES string of the molecule is O=C(N[C@@H]1CCS(=O)(=O)C1)[C@H]1CCCc2ccccc21. The van der Waals surface area contributed by atoms with Gasteiger partial charge in [0.15, 0.2) is 9.84 Å². The molecule has 0 spiro atoms. The lowest BCUT2D eigenvalue weighted by molar-refractivity contribution is -0.123. The number of carbonyl (C=O) groups excluding carboxylic acids is 1. The van der Waals surface area contributed by atoms with Gasteiger partial charge in [0.2, 0.25) is 5.91 Å². The standard InChI is InChI=1S/C15H19NO3S/c17-15(16-12-8-9-20(18,19)10-12)14-7-3-5-11-4-1-2-6-13(11)14/h1-2,4,6,12,14H,3,5,7-10H2,(H,16,17)/t12-,14+/m1/s1. The van der Waals surface area contributed by atoms with Gasteiger partial charge >= 0.3 is 0 Å². The Morgan fingerprint density at radius 2 is 2.00 bits per heavy atom. The van der Waals surface area contributed by atoms with Crippen LogP contribution in [0.3, 0.4) is 0 Å². The molecule has 2 aliphatic rings. The Kier molecular flexibility index (Phi) is 3.54. The summed E-state index contributed by atoms with van der Waals surface area (Å²) in [6.45, 7) is 0. The zero-order valence-electron chi connectivity index (χ0n) is 11.3. The first kappa shape index (κ1) is 13.6. The van der Waals surface area contributed by atoms with Crippen molar-refractivity contribution >= 4 is 15.7 Å². The molecule has 1 amide bonds. The van der Waals surface area contributed by atoms with E-state index in [4.69, 9.17) is 0 Å². The van der Waals surface area contributed by atoms with E-state index in [2.05, 4.69) is 11.4 Å². The summed E-state index contributed by atoms with van der Waals surface area (Å²) in [5.41, 5.74) is 2.36. The van der Waals surface area contributed by atoms with Gasteiger partial charge in [0.25, 0.3) is 0 Å². The summed E-state index contributed by atoms with van der Waals surface area (Å²) in [6, 6.07) is 7.85. The number of benzene rings is 1. The van der Waals surface area contributed by atoms with Gasteiger partial charge < -0.3 is 5.32 Å². The molecule has 1 N–H and O–H groups in total. The van der Waals surface area contributed by atoms with Gasteiger partial charge in [0.05, 0.1) is 17.4 Å². The monoisotopic (exact) mass is 293 g/mol. The molecule has 5 heteroatoms. The van der Waals surface area contributed by atoms with Crippen LogP contribution < -0.4 is 5.32 Å². The molecule has 0 aromatic heterocycles. The lowest BCUT2D eigenvalue weighted by Crippen LogP contribution is -2.39. The van der Waals surface area contributed by atoms with E-state index < -0.39 is 9.84 Å². The van der Waals surface area contributed by atoms with Crippen LogP contribution in [0.15, 0.2) is 24.3 Å². The Morgan fingerprint density at radius 3 is 2.75 bits per heavy atom. The summed E-state index contributed by atoms with van der Waals surface area (Å²) in [5.74, 6) is 0.147. The van der Waals surface area contributed by atoms with Gasteiger partial charge in [-0.05, 0) is 36.8 Å². The molecule has 1 saturated heterocycles. The summed E-state index contributed by atoms with van der Waals surface area (Å²) in [5, 5.41) is 2.93. The van der Waals surface area contributed by atoms with Crippen molar-refractivity contribution in [1.29, 1.82) is 0 Å². The molecule has 20 heavy (non-hydrogen) atoms. The normalized spacial score (nSPS) is 27.8. The third kappa shape index (κ3) is 2.73. The fourth-order valence-electron chi connectivity index (χ4n) is 3.24. The molecule has 0 saturated carbocycles. The fourth-order valence-corrected chi connectivity index (χ4v) is 4.91. The summed E-state index contributed by atoms with van der Waals surface area (Å²) < 4.78 is 22.9. The topological polar surface area (TPSA) is 63.2 Å². The minimum Gasteiger partial charge on any atom is -0.352 e. The number of aryl methyl sites for hydroxylation is 1. The number of amides is 1. The van der Waals surface area contributed by atoms with E-state index in [1.807, 2.05) is 18.2 Å². The molecule has 0 bridgehead atoms. The van der Waals surface area contributed by atoms with Crippen LogP contribution in [0.1, 0.15) is 36.3 Å². The van der Waals surface area contributed by atoms with E-state index >= 15 is 0 Å². The van der Waals surface area contributed by atoms with Crippen molar-refractivity contribution in [2.24, 2.45) is 0 Å². The Balaban J connectivity index is 1.73. The predicted molar refractivity (Wildman–Crippen MR) is 77.3 cm³/mol. The zero-order valence-corrected chi connectivity index (χ0v) is 12.2. The highest BCUT2D eigenvalue weighted by atomic mass is 32.2. The first-order chi connectivity index (χ1) is 9.55. The molecule has 108 valence electrons. The second kappa shape index (κ2) is 5.20. The molecule has 1 aromatic carbocycles. The summed E-state index contributed by atoms with van der Waals surface area (Å²) in [4.78, 5) is 12.4. The van der Waals surface area contributed by atoms with Crippen LogP contribution in [0.25, 0.3) is 0 Å².